The highest BCUT2D eigenvalue weighted by Crippen LogP contribution is 2.35. The van der Waals surface area contributed by atoms with Crippen LogP contribution in [0.5, 0.6) is 0 Å². The van der Waals surface area contributed by atoms with Crippen LogP contribution in [0.25, 0.3) is 10.1 Å². The summed E-state index contributed by atoms with van der Waals surface area (Å²) in [4.78, 5) is 24.7. The lowest BCUT2D eigenvalue weighted by atomic mass is 10.2. The number of fused-ring (bicyclic) bond motifs is 1. The standard InChI is InChI=1S/C18H13ClFNO3S/c1-10(17(22)21-13-8-4-3-7-12(13)20)24-18(23)16-15(19)11-6-2-5-9-14(11)25-16/h2-10H,1H3,(H,21,22)/t10-/m0/s1. The van der Waals surface area contributed by atoms with E-state index in [1.54, 1.807) is 12.1 Å². The highest BCUT2D eigenvalue weighted by Gasteiger charge is 2.24. The normalized spacial score (nSPS) is 12.0. The number of anilines is 1. The van der Waals surface area contributed by atoms with Gasteiger partial charge in [0.1, 0.15) is 10.7 Å². The molecule has 4 nitrogen and oxygen atoms in total. The van der Waals surface area contributed by atoms with Crippen molar-refractivity contribution in [1.82, 2.24) is 0 Å². The van der Waals surface area contributed by atoms with Crippen LogP contribution in [0.15, 0.2) is 48.5 Å². The second-order valence-electron chi connectivity index (χ2n) is 5.26. The number of nitrogens with one attached hydrogen (secondary N) is 1. The van der Waals surface area contributed by atoms with Crippen molar-refractivity contribution in [2.24, 2.45) is 0 Å². The molecule has 3 rings (SSSR count). The molecule has 0 saturated carbocycles. The van der Waals surface area contributed by atoms with Crippen molar-refractivity contribution >= 4 is 50.6 Å². The summed E-state index contributed by atoms with van der Waals surface area (Å²) in [6.07, 6.45) is -1.10. The first-order valence-corrected chi connectivity index (χ1v) is 8.60. The summed E-state index contributed by atoms with van der Waals surface area (Å²) in [6, 6.07) is 13.1. The smallest absolute Gasteiger partial charge is 0.350 e. The molecule has 0 bridgehead atoms. The van der Waals surface area contributed by atoms with E-state index >= 15 is 0 Å². The number of carbonyl (C=O) groups is 2. The fourth-order valence-corrected chi connectivity index (χ4v) is 3.60. The summed E-state index contributed by atoms with van der Waals surface area (Å²) >= 11 is 7.42. The molecule has 0 saturated heterocycles. The molecule has 0 aliphatic heterocycles. The van der Waals surface area contributed by atoms with Crippen LogP contribution in [0.1, 0.15) is 16.6 Å². The molecule has 3 aromatic rings. The van der Waals surface area contributed by atoms with Crippen LogP contribution in [-0.4, -0.2) is 18.0 Å². The lowest BCUT2D eigenvalue weighted by Crippen LogP contribution is -2.30. The maximum absolute atomic E-state index is 13.6. The van der Waals surface area contributed by atoms with Gasteiger partial charge in [0.15, 0.2) is 6.10 Å². The van der Waals surface area contributed by atoms with Crippen LogP contribution in [0, 0.1) is 5.82 Å². The molecule has 1 heterocycles. The Balaban J connectivity index is 1.72. The van der Waals surface area contributed by atoms with E-state index in [2.05, 4.69) is 5.32 Å². The molecule has 1 amide bonds. The van der Waals surface area contributed by atoms with Crippen LogP contribution < -0.4 is 5.32 Å². The zero-order valence-corrected chi connectivity index (χ0v) is 14.7. The lowest BCUT2D eigenvalue weighted by Gasteiger charge is -2.13. The third-order valence-corrected chi connectivity index (χ3v) is 5.16. The number of para-hydroxylation sites is 1. The van der Waals surface area contributed by atoms with Crippen molar-refractivity contribution in [3.63, 3.8) is 0 Å². The Morgan fingerprint density at radius 1 is 1.16 bits per heavy atom. The zero-order valence-electron chi connectivity index (χ0n) is 13.1. The molecule has 0 radical (unpaired) electrons. The van der Waals surface area contributed by atoms with Crippen molar-refractivity contribution < 1.29 is 18.7 Å². The maximum Gasteiger partial charge on any atom is 0.350 e. The van der Waals surface area contributed by atoms with E-state index < -0.39 is 23.8 Å². The van der Waals surface area contributed by atoms with Crippen molar-refractivity contribution in [2.45, 2.75) is 13.0 Å². The predicted molar refractivity (Wildman–Crippen MR) is 96.7 cm³/mol. The number of rotatable bonds is 4. The molecule has 128 valence electrons. The SMILES string of the molecule is C[C@H](OC(=O)c1sc2ccccc2c1Cl)C(=O)Nc1ccccc1F. The minimum Gasteiger partial charge on any atom is -0.448 e. The average Bonchev–Trinajstić information content (AvgIpc) is 2.94. The Hall–Kier alpha value is -2.44. The Kier molecular flexibility index (Phi) is 5.01. The average molecular weight is 378 g/mol. The van der Waals surface area contributed by atoms with Gasteiger partial charge in [-0.05, 0) is 25.1 Å². The number of halogens is 2. The number of amides is 1. The quantitative estimate of drug-likeness (QED) is 0.659. The minimum absolute atomic E-state index is 0.0234. The molecule has 0 aliphatic rings. The number of ether oxygens (including phenoxy) is 1. The third kappa shape index (κ3) is 3.65. The molecule has 7 heteroatoms. The summed E-state index contributed by atoms with van der Waals surface area (Å²) in [5.74, 6) is -1.89. The molecule has 1 aromatic heterocycles. The van der Waals surface area contributed by atoms with Gasteiger partial charge in [-0.15, -0.1) is 11.3 Å². The Labute approximate surface area is 152 Å². The molecule has 0 fully saturated rings. The van der Waals surface area contributed by atoms with Gasteiger partial charge in [-0.25, -0.2) is 9.18 Å². The van der Waals surface area contributed by atoms with Crippen molar-refractivity contribution in [2.75, 3.05) is 5.32 Å². The summed E-state index contributed by atoms with van der Waals surface area (Å²) in [7, 11) is 0. The number of benzene rings is 2. The van der Waals surface area contributed by atoms with Gasteiger partial charge in [-0.2, -0.15) is 0 Å². The number of hydrogen-bond acceptors (Lipinski definition) is 4. The number of esters is 1. The van der Waals surface area contributed by atoms with Crippen LogP contribution in [0.2, 0.25) is 5.02 Å². The van der Waals surface area contributed by atoms with Gasteiger partial charge in [0.25, 0.3) is 5.91 Å². The second-order valence-corrected chi connectivity index (χ2v) is 6.69. The second kappa shape index (κ2) is 7.21. The van der Waals surface area contributed by atoms with E-state index in [9.17, 15) is 14.0 Å². The molecule has 0 spiro atoms. The van der Waals surface area contributed by atoms with Crippen LogP contribution >= 0.6 is 22.9 Å². The largest absolute Gasteiger partial charge is 0.448 e. The third-order valence-electron chi connectivity index (χ3n) is 3.51. The van der Waals surface area contributed by atoms with Crippen molar-refractivity contribution in [1.29, 1.82) is 0 Å². The first-order chi connectivity index (χ1) is 12.0. The molecule has 0 aliphatic carbocycles. The maximum atomic E-state index is 13.6. The van der Waals surface area contributed by atoms with Gasteiger partial charge in [0.05, 0.1) is 10.7 Å². The lowest BCUT2D eigenvalue weighted by molar-refractivity contribution is -0.123. The predicted octanol–water partition coefficient (Wildman–Crippen LogP) is 4.88. The van der Waals surface area contributed by atoms with Gasteiger partial charge in [-0.3, -0.25) is 4.79 Å². The molecule has 1 atom stereocenters. The monoisotopic (exact) mass is 377 g/mol. The summed E-state index contributed by atoms with van der Waals surface area (Å²) in [5.41, 5.74) is 0.0234. The first-order valence-electron chi connectivity index (χ1n) is 7.41. The Morgan fingerprint density at radius 3 is 2.56 bits per heavy atom. The molecule has 1 N–H and O–H groups in total. The fourth-order valence-electron chi connectivity index (χ4n) is 2.21. The Morgan fingerprint density at radius 2 is 1.84 bits per heavy atom. The zero-order chi connectivity index (χ0) is 18.0. The van der Waals surface area contributed by atoms with Gasteiger partial charge >= 0.3 is 5.97 Å². The van der Waals surface area contributed by atoms with Gasteiger partial charge in [-0.1, -0.05) is 41.9 Å². The van der Waals surface area contributed by atoms with Gasteiger partial charge in [0.2, 0.25) is 0 Å². The van der Waals surface area contributed by atoms with Crippen molar-refractivity contribution in [3.8, 4) is 0 Å². The number of carbonyl (C=O) groups excluding carboxylic acids is 2. The molecular formula is C18H13ClFNO3S. The Bertz CT molecular complexity index is 956. The summed E-state index contributed by atoms with van der Waals surface area (Å²) < 4.78 is 19.6. The highest BCUT2D eigenvalue weighted by molar-refractivity contribution is 7.21. The topological polar surface area (TPSA) is 55.4 Å². The van der Waals surface area contributed by atoms with Gasteiger partial charge in [0, 0.05) is 10.1 Å². The first kappa shape index (κ1) is 17.4. The van der Waals surface area contributed by atoms with Crippen LogP contribution in [-0.2, 0) is 9.53 Å². The molecular weight excluding hydrogens is 365 g/mol. The van der Waals surface area contributed by atoms with E-state index in [0.29, 0.717) is 5.02 Å². The summed E-state index contributed by atoms with van der Waals surface area (Å²) in [6.45, 7) is 1.41. The van der Waals surface area contributed by atoms with Gasteiger partial charge < -0.3 is 10.1 Å². The van der Waals surface area contributed by atoms with E-state index in [-0.39, 0.29) is 10.6 Å². The fraction of sp³-hybridized carbons (Fsp3) is 0.111. The summed E-state index contributed by atoms with van der Waals surface area (Å²) in [5, 5.41) is 3.44. The van der Waals surface area contributed by atoms with E-state index in [4.69, 9.17) is 16.3 Å². The van der Waals surface area contributed by atoms with E-state index in [1.165, 1.54) is 36.5 Å². The van der Waals surface area contributed by atoms with Crippen LogP contribution in [0.3, 0.4) is 0 Å². The molecule has 25 heavy (non-hydrogen) atoms. The molecule has 0 unspecified atom stereocenters. The van der Waals surface area contributed by atoms with Crippen LogP contribution in [0.4, 0.5) is 10.1 Å². The molecule has 2 aromatic carbocycles. The van der Waals surface area contributed by atoms with E-state index in [0.717, 1.165) is 10.1 Å². The minimum atomic E-state index is -1.10. The number of thiophene rings is 1. The van der Waals surface area contributed by atoms with Crippen molar-refractivity contribution in [3.05, 3.63) is 64.2 Å². The van der Waals surface area contributed by atoms with E-state index in [1.807, 2.05) is 18.2 Å². The highest BCUT2D eigenvalue weighted by atomic mass is 35.5. The number of hydrogen-bond donors (Lipinski definition) is 1.